The molecule has 0 aromatic heterocycles. The Morgan fingerprint density at radius 2 is 1.35 bits per heavy atom. The standard InChI is InChI=1S/C10H22N2.C3H8N.Sn/c1-8(11-9(2,3)4)12-10(5,6)7;1-3-4-2;/h8H,1-7H3;3H2,1-2H3;/q-2;-1;+3. The number of nitrogens with zero attached hydrogens (tertiary/aromatic N) is 3. The van der Waals surface area contributed by atoms with E-state index in [4.69, 9.17) is 0 Å². The SMILES string of the molecule is CC[N](C)[Sn]1[N](C(C)(C)C)C(C)[N]1C(C)(C)C. The minimum absolute atomic E-state index is 0.305. The molecule has 0 aliphatic carbocycles. The monoisotopic (exact) mass is 348 g/mol. The van der Waals surface area contributed by atoms with Gasteiger partial charge in [-0.1, -0.05) is 0 Å². The summed E-state index contributed by atoms with van der Waals surface area (Å²) in [4.78, 5) is 0. The summed E-state index contributed by atoms with van der Waals surface area (Å²) in [5.74, 6) is 0. The zero-order valence-electron chi connectivity index (χ0n) is 13.1. The molecule has 1 fully saturated rings. The van der Waals surface area contributed by atoms with Crippen molar-refractivity contribution in [1.29, 1.82) is 0 Å². The van der Waals surface area contributed by atoms with Crippen LogP contribution in [0, 0.1) is 0 Å². The van der Waals surface area contributed by atoms with E-state index in [1.54, 1.807) is 0 Å². The molecule has 3 nitrogen and oxygen atoms in total. The van der Waals surface area contributed by atoms with Gasteiger partial charge in [-0.25, -0.2) is 0 Å². The second-order valence-corrected chi connectivity index (χ2v) is 13.7. The molecular formula is C13H30N3Sn. The van der Waals surface area contributed by atoms with Crippen LogP contribution in [0.5, 0.6) is 0 Å². The fourth-order valence-electron chi connectivity index (χ4n) is 2.74. The first-order valence-corrected chi connectivity index (χ1v) is 10.5. The summed E-state index contributed by atoms with van der Waals surface area (Å²) in [7, 11) is 2.30. The molecule has 0 saturated carbocycles. The normalized spacial score (nSPS) is 22.2. The molecule has 0 atom stereocenters. The van der Waals surface area contributed by atoms with Gasteiger partial charge in [-0.3, -0.25) is 0 Å². The maximum atomic E-state index is 2.80. The molecular weight excluding hydrogens is 317 g/mol. The molecule has 0 aromatic carbocycles. The van der Waals surface area contributed by atoms with Crippen molar-refractivity contribution < 1.29 is 0 Å². The summed E-state index contributed by atoms with van der Waals surface area (Å²) in [6.07, 6.45) is 0.596. The summed E-state index contributed by atoms with van der Waals surface area (Å²) < 4.78 is 8.22. The van der Waals surface area contributed by atoms with E-state index in [9.17, 15) is 0 Å². The third-order valence-electron chi connectivity index (χ3n) is 3.44. The van der Waals surface area contributed by atoms with E-state index in [2.05, 4.69) is 71.8 Å². The first-order valence-electron chi connectivity index (χ1n) is 6.68. The molecule has 1 aliphatic heterocycles. The van der Waals surface area contributed by atoms with Crippen molar-refractivity contribution in [1.82, 2.24) is 9.36 Å². The molecule has 1 rings (SSSR count). The van der Waals surface area contributed by atoms with Gasteiger partial charge in [0.15, 0.2) is 0 Å². The second kappa shape index (κ2) is 4.98. The van der Waals surface area contributed by atoms with E-state index >= 15 is 0 Å². The van der Waals surface area contributed by atoms with E-state index < -0.39 is 20.6 Å². The van der Waals surface area contributed by atoms with Crippen molar-refractivity contribution in [3.05, 3.63) is 0 Å². The summed E-state index contributed by atoms with van der Waals surface area (Å²) in [5.41, 5.74) is 0.610. The Bertz CT molecular complexity index is 245. The van der Waals surface area contributed by atoms with Crippen LogP contribution in [0.3, 0.4) is 0 Å². The first-order chi connectivity index (χ1) is 7.51. The van der Waals surface area contributed by atoms with Crippen LogP contribution in [0.1, 0.15) is 55.4 Å². The van der Waals surface area contributed by atoms with Gasteiger partial charge in [0.25, 0.3) is 0 Å². The first kappa shape index (κ1) is 15.7. The third kappa shape index (κ3) is 2.99. The number of hydrogen-bond acceptors (Lipinski definition) is 3. The summed E-state index contributed by atoms with van der Waals surface area (Å²) >= 11 is -1.78. The van der Waals surface area contributed by atoms with Gasteiger partial charge in [0, 0.05) is 0 Å². The van der Waals surface area contributed by atoms with Gasteiger partial charge in [0.1, 0.15) is 0 Å². The predicted octanol–water partition coefficient (Wildman–Crippen LogP) is 2.48. The Hall–Kier alpha value is 0.679. The molecule has 0 aromatic rings. The molecule has 0 spiro atoms. The number of hydrogen-bond donors (Lipinski definition) is 0. The van der Waals surface area contributed by atoms with Gasteiger partial charge in [-0.2, -0.15) is 0 Å². The van der Waals surface area contributed by atoms with Crippen LogP contribution >= 0.6 is 0 Å². The molecule has 4 heteroatoms. The fourth-order valence-corrected chi connectivity index (χ4v) is 11.8. The van der Waals surface area contributed by atoms with Gasteiger partial charge in [0.2, 0.25) is 0 Å². The Morgan fingerprint density at radius 1 is 1.00 bits per heavy atom. The summed E-state index contributed by atoms with van der Waals surface area (Å²) in [5, 5.41) is 0. The Morgan fingerprint density at radius 3 is 1.59 bits per heavy atom. The van der Waals surface area contributed by atoms with Crippen molar-refractivity contribution in [3.63, 3.8) is 0 Å². The van der Waals surface area contributed by atoms with E-state index in [0.717, 1.165) is 0 Å². The molecule has 0 amide bonds. The zero-order valence-corrected chi connectivity index (χ0v) is 16.0. The van der Waals surface area contributed by atoms with E-state index in [1.807, 2.05) is 0 Å². The van der Waals surface area contributed by atoms with Crippen molar-refractivity contribution in [2.45, 2.75) is 72.6 Å². The Kier molecular flexibility index (Phi) is 4.61. The molecule has 0 bridgehead atoms. The van der Waals surface area contributed by atoms with E-state index in [0.29, 0.717) is 17.2 Å². The molecule has 0 N–H and O–H groups in total. The Balaban J connectivity index is 2.98. The van der Waals surface area contributed by atoms with Crippen LogP contribution in [-0.4, -0.2) is 60.8 Å². The van der Waals surface area contributed by atoms with Crippen LogP contribution in [0.15, 0.2) is 0 Å². The van der Waals surface area contributed by atoms with Crippen molar-refractivity contribution in [2.75, 3.05) is 13.6 Å². The summed E-state index contributed by atoms with van der Waals surface area (Å²) in [6.45, 7) is 19.9. The summed E-state index contributed by atoms with van der Waals surface area (Å²) in [6, 6.07) is 0. The molecule has 17 heavy (non-hydrogen) atoms. The number of rotatable bonds is 2. The molecule has 1 saturated heterocycles. The average molecular weight is 347 g/mol. The molecule has 1 aliphatic rings. The van der Waals surface area contributed by atoms with E-state index in [1.165, 1.54) is 6.54 Å². The van der Waals surface area contributed by atoms with Crippen molar-refractivity contribution in [2.24, 2.45) is 0 Å². The van der Waals surface area contributed by atoms with Gasteiger partial charge < -0.3 is 0 Å². The molecule has 0 unspecified atom stereocenters. The molecule has 101 valence electrons. The van der Waals surface area contributed by atoms with Crippen LogP contribution in [-0.2, 0) is 0 Å². The van der Waals surface area contributed by atoms with Crippen LogP contribution in [0.4, 0.5) is 0 Å². The van der Waals surface area contributed by atoms with E-state index in [-0.39, 0.29) is 0 Å². The average Bonchev–Trinajstić information content (AvgIpc) is 2.07. The second-order valence-electron chi connectivity index (χ2n) is 7.03. The van der Waals surface area contributed by atoms with Gasteiger partial charge in [-0.05, 0) is 0 Å². The topological polar surface area (TPSA) is 9.72 Å². The molecule has 1 heterocycles. The van der Waals surface area contributed by atoms with Crippen LogP contribution in [0.25, 0.3) is 0 Å². The van der Waals surface area contributed by atoms with Crippen molar-refractivity contribution in [3.8, 4) is 0 Å². The van der Waals surface area contributed by atoms with Crippen molar-refractivity contribution >= 4 is 20.6 Å². The van der Waals surface area contributed by atoms with Crippen LogP contribution in [0.2, 0.25) is 0 Å². The maximum absolute atomic E-state index is 2.80. The van der Waals surface area contributed by atoms with Gasteiger partial charge >= 0.3 is 116 Å². The Labute approximate surface area is 116 Å². The fraction of sp³-hybridized carbons (Fsp3) is 1.00. The predicted molar refractivity (Wildman–Crippen MR) is 76.7 cm³/mol. The van der Waals surface area contributed by atoms with Crippen LogP contribution < -0.4 is 0 Å². The molecule has 1 radical (unpaired) electrons. The zero-order chi connectivity index (χ0) is 13.6. The minimum atomic E-state index is -1.78. The quantitative estimate of drug-likeness (QED) is 0.711. The van der Waals surface area contributed by atoms with Gasteiger partial charge in [0.05, 0.1) is 0 Å². The van der Waals surface area contributed by atoms with Gasteiger partial charge in [-0.15, -0.1) is 0 Å². The third-order valence-corrected chi connectivity index (χ3v) is 14.7.